The molecule has 4 atom stereocenters. The lowest BCUT2D eigenvalue weighted by atomic mass is 9.81. The van der Waals surface area contributed by atoms with Gasteiger partial charge in [-0.3, -0.25) is 4.79 Å². The highest BCUT2D eigenvalue weighted by molar-refractivity contribution is 5.78. The molecule has 0 fully saturated rings. The van der Waals surface area contributed by atoms with Gasteiger partial charge >= 0.3 is 6.09 Å². The topological polar surface area (TPSA) is 87.7 Å². The van der Waals surface area contributed by atoms with Crippen molar-refractivity contribution in [2.24, 2.45) is 17.8 Å². The van der Waals surface area contributed by atoms with Crippen LogP contribution in [0.1, 0.15) is 106 Å². The third kappa shape index (κ3) is 12.8. The van der Waals surface area contributed by atoms with Crippen LogP contribution in [0.3, 0.4) is 0 Å². The highest BCUT2D eigenvalue weighted by atomic mass is 16.6. The SMILES string of the molecule is CCCCNC(=O)[C@H](C)C[C@H](O)[C@H](C[C@H](Cc1ccc(C(C)(C)C)cc1)C(C)C)NC(=O)OC(C)(C)C. The predicted molar refractivity (Wildman–Crippen MR) is 153 cm³/mol. The van der Waals surface area contributed by atoms with Gasteiger partial charge < -0.3 is 20.5 Å². The minimum atomic E-state index is -0.871. The molecule has 0 bridgehead atoms. The number of carbonyl (C=O) groups excluding carboxylic acids is 2. The van der Waals surface area contributed by atoms with Gasteiger partial charge in [0.25, 0.3) is 0 Å². The molecule has 2 amide bonds. The molecule has 3 N–H and O–H groups in total. The van der Waals surface area contributed by atoms with Gasteiger partial charge in [-0.2, -0.15) is 0 Å². The minimum Gasteiger partial charge on any atom is -0.444 e. The maximum atomic E-state index is 12.7. The summed E-state index contributed by atoms with van der Waals surface area (Å²) in [7, 11) is 0. The summed E-state index contributed by atoms with van der Waals surface area (Å²) in [5.74, 6) is 0.135. The van der Waals surface area contributed by atoms with E-state index in [0.29, 0.717) is 18.9 Å². The lowest BCUT2D eigenvalue weighted by Crippen LogP contribution is -2.48. The Morgan fingerprint density at radius 3 is 2.05 bits per heavy atom. The Morgan fingerprint density at radius 1 is 0.973 bits per heavy atom. The van der Waals surface area contributed by atoms with Gasteiger partial charge in [0, 0.05) is 12.5 Å². The number of ether oxygens (including phenoxy) is 1. The van der Waals surface area contributed by atoms with Crippen LogP contribution in [0.15, 0.2) is 24.3 Å². The number of nitrogens with one attached hydrogen (secondary N) is 2. The number of unbranched alkanes of at least 4 members (excludes halogenated alkanes) is 1. The molecular formula is C31H54N2O4. The number of amides is 2. The summed E-state index contributed by atoms with van der Waals surface area (Å²) < 4.78 is 5.50. The van der Waals surface area contributed by atoms with Crippen LogP contribution < -0.4 is 10.6 Å². The van der Waals surface area contributed by atoms with Crippen molar-refractivity contribution < 1.29 is 19.4 Å². The fourth-order valence-corrected chi connectivity index (χ4v) is 4.33. The van der Waals surface area contributed by atoms with E-state index in [2.05, 4.69) is 76.4 Å². The molecule has 6 heteroatoms. The largest absolute Gasteiger partial charge is 0.444 e. The zero-order valence-corrected chi connectivity index (χ0v) is 25.1. The van der Waals surface area contributed by atoms with Gasteiger partial charge in [0.15, 0.2) is 0 Å². The monoisotopic (exact) mass is 518 g/mol. The Labute approximate surface area is 226 Å². The summed E-state index contributed by atoms with van der Waals surface area (Å²) >= 11 is 0. The van der Waals surface area contributed by atoms with E-state index >= 15 is 0 Å². The van der Waals surface area contributed by atoms with Crippen LogP contribution in [0.5, 0.6) is 0 Å². The number of benzene rings is 1. The Morgan fingerprint density at radius 2 is 1.57 bits per heavy atom. The number of aliphatic hydroxyl groups excluding tert-OH is 1. The smallest absolute Gasteiger partial charge is 0.407 e. The van der Waals surface area contributed by atoms with E-state index in [1.807, 2.05) is 27.7 Å². The Hall–Kier alpha value is -2.08. The van der Waals surface area contributed by atoms with E-state index in [9.17, 15) is 14.7 Å². The van der Waals surface area contributed by atoms with Gasteiger partial charge in [-0.15, -0.1) is 0 Å². The van der Waals surface area contributed by atoms with Crippen molar-refractivity contribution in [3.63, 3.8) is 0 Å². The molecule has 0 saturated heterocycles. The summed E-state index contributed by atoms with van der Waals surface area (Å²) in [4.78, 5) is 25.2. The Kier molecular flexibility index (Phi) is 13.1. The number of alkyl carbamates (subject to hydrolysis) is 1. The van der Waals surface area contributed by atoms with Gasteiger partial charge in [0.1, 0.15) is 5.60 Å². The number of hydrogen-bond acceptors (Lipinski definition) is 4. The molecule has 0 heterocycles. The van der Waals surface area contributed by atoms with Crippen molar-refractivity contribution in [2.45, 2.75) is 125 Å². The second-order valence-electron chi connectivity index (χ2n) is 13.0. The molecule has 212 valence electrons. The first kappa shape index (κ1) is 32.9. The fraction of sp³-hybridized carbons (Fsp3) is 0.742. The van der Waals surface area contributed by atoms with Crippen molar-refractivity contribution in [1.82, 2.24) is 10.6 Å². The van der Waals surface area contributed by atoms with E-state index in [1.54, 1.807) is 0 Å². The van der Waals surface area contributed by atoms with Crippen molar-refractivity contribution >= 4 is 12.0 Å². The van der Waals surface area contributed by atoms with Crippen LogP contribution in [0.25, 0.3) is 0 Å². The maximum absolute atomic E-state index is 12.7. The lowest BCUT2D eigenvalue weighted by Gasteiger charge is -2.32. The molecule has 0 radical (unpaired) electrons. The quantitative estimate of drug-likeness (QED) is 0.264. The Balaban J connectivity index is 3.03. The van der Waals surface area contributed by atoms with E-state index in [0.717, 1.165) is 19.3 Å². The molecule has 6 nitrogen and oxygen atoms in total. The first-order valence-electron chi connectivity index (χ1n) is 14.1. The van der Waals surface area contributed by atoms with E-state index in [1.165, 1.54) is 11.1 Å². The molecule has 37 heavy (non-hydrogen) atoms. The third-order valence-electron chi connectivity index (χ3n) is 6.86. The average molecular weight is 519 g/mol. The second kappa shape index (κ2) is 14.8. The first-order valence-corrected chi connectivity index (χ1v) is 14.1. The molecular weight excluding hydrogens is 464 g/mol. The van der Waals surface area contributed by atoms with E-state index in [4.69, 9.17) is 4.74 Å². The summed E-state index contributed by atoms with van der Waals surface area (Å²) in [5.41, 5.74) is 1.99. The van der Waals surface area contributed by atoms with Gasteiger partial charge in [0.05, 0.1) is 12.1 Å². The van der Waals surface area contributed by atoms with E-state index in [-0.39, 0.29) is 29.6 Å². The number of hydrogen-bond donors (Lipinski definition) is 3. The molecule has 1 aromatic rings. The zero-order valence-electron chi connectivity index (χ0n) is 25.1. The predicted octanol–water partition coefficient (Wildman–Crippen LogP) is 6.39. The van der Waals surface area contributed by atoms with E-state index < -0.39 is 23.8 Å². The van der Waals surface area contributed by atoms with Gasteiger partial charge in [-0.25, -0.2) is 4.79 Å². The minimum absolute atomic E-state index is 0.0668. The van der Waals surface area contributed by atoms with Crippen LogP contribution in [0.2, 0.25) is 0 Å². The molecule has 0 aliphatic heterocycles. The van der Waals surface area contributed by atoms with Crippen LogP contribution in [-0.2, 0) is 21.4 Å². The van der Waals surface area contributed by atoms with Crippen LogP contribution in [0.4, 0.5) is 4.79 Å². The van der Waals surface area contributed by atoms with Gasteiger partial charge in [-0.1, -0.05) is 79.2 Å². The molecule has 0 aliphatic carbocycles. The van der Waals surface area contributed by atoms with Gasteiger partial charge in [0.2, 0.25) is 5.91 Å². The highest BCUT2D eigenvalue weighted by Crippen LogP contribution is 2.27. The molecule has 0 unspecified atom stereocenters. The van der Waals surface area contributed by atoms with Crippen molar-refractivity contribution in [1.29, 1.82) is 0 Å². The zero-order chi connectivity index (χ0) is 28.4. The fourth-order valence-electron chi connectivity index (χ4n) is 4.33. The summed E-state index contributed by atoms with van der Waals surface area (Å²) in [6.45, 7) is 21.0. The number of rotatable bonds is 13. The van der Waals surface area contributed by atoms with Crippen LogP contribution >= 0.6 is 0 Å². The van der Waals surface area contributed by atoms with Crippen molar-refractivity contribution in [3.05, 3.63) is 35.4 Å². The van der Waals surface area contributed by atoms with Crippen LogP contribution in [0, 0.1) is 17.8 Å². The highest BCUT2D eigenvalue weighted by Gasteiger charge is 2.31. The number of carbonyl (C=O) groups is 2. The van der Waals surface area contributed by atoms with Crippen LogP contribution in [-0.4, -0.2) is 41.4 Å². The Bertz CT molecular complexity index is 821. The second-order valence-corrected chi connectivity index (χ2v) is 13.0. The molecule has 1 rings (SSSR count). The van der Waals surface area contributed by atoms with Crippen molar-refractivity contribution in [3.8, 4) is 0 Å². The molecule has 0 saturated carbocycles. The molecule has 0 aliphatic rings. The van der Waals surface area contributed by atoms with Gasteiger partial charge in [-0.05, 0) is 74.8 Å². The summed E-state index contributed by atoms with van der Waals surface area (Å²) in [6, 6.07) is 8.23. The molecule has 1 aromatic carbocycles. The first-order chi connectivity index (χ1) is 17.0. The number of aliphatic hydroxyl groups is 1. The van der Waals surface area contributed by atoms with Crippen molar-refractivity contribution in [2.75, 3.05) is 6.54 Å². The average Bonchev–Trinajstić information content (AvgIpc) is 2.76. The third-order valence-corrected chi connectivity index (χ3v) is 6.86. The standard InChI is InChI=1S/C31H54N2O4/c1-11-12-17-32-28(35)22(4)18-27(34)26(33-29(36)37-31(8,9)10)20-24(21(2)3)19-23-13-15-25(16-14-23)30(5,6)7/h13-16,21-22,24,26-27,34H,11-12,17-20H2,1-10H3,(H,32,35)(H,33,36)/t22-,24+,26+,27+/m1/s1. The lowest BCUT2D eigenvalue weighted by molar-refractivity contribution is -0.125. The molecule has 0 aromatic heterocycles. The normalized spacial score (nSPS) is 15.6. The molecule has 0 spiro atoms. The summed E-state index contributed by atoms with van der Waals surface area (Å²) in [6.07, 6.45) is 2.21. The summed E-state index contributed by atoms with van der Waals surface area (Å²) in [5, 5.41) is 17.1. The maximum Gasteiger partial charge on any atom is 0.407 e.